The van der Waals surface area contributed by atoms with E-state index in [0.717, 1.165) is 5.56 Å². The highest BCUT2D eigenvalue weighted by molar-refractivity contribution is 5.82. The normalized spacial score (nSPS) is 14.3. The average Bonchev–Trinajstić information content (AvgIpc) is 2.70. The van der Waals surface area contributed by atoms with Crippen LogP contribution in [0.3, 0.4) is 0 Å². The van der Waals surface area contributed by atoms with Gasteiger partial charge in [0.25, 0.3) is 0 Å². The van der Waals surface area contributed by atoms with Gasteiger partial charge in [-0.1, -0.05) is 6.08 Å². The molecule has 1 aromatic heterocycles. The van der Waals surface area contributed by atoms with Crippen LogP contribution < -0.4 is 11.1 Å². The molecule has 1 rings (SSSR count). The van der Waals surface area contributed by atoms with Crippen LogP contribution in [0, 0.1) is 0 Å². The number of H-pyrrole nitrogens is 1. The molecule has 5 nitrogen and oxygen atoms in total. The SMILES string of the molecule is C=CCC(N)C(=O)NC(C)c1cn[nH]c1. The van der Waals surface area contributed by atoms with Gasteiger partial charge in [-0.25, -0.2) is 0 Å². The number of carbonyl (C=O) groups is 1. The van der Waals surface area contributed by atoms with Crippen LogP contribution in [0.1, 0.15) is 24.9 Å². The number of aromatic nitrogens is 2. The van der Waals surface area contributed by atoms with Crippen LogP contribution in [-0.2, 0) is 4.79 Å². The Balaban J connectivity index is 2.48. The molecular weight excluding hydrogens is 192 g/mol. The third-order valence-corrected chi connectivity index (χ3v) is 2.14. The maximum atomic E-state index is 11.5. The van der Waals surface area contributed by atoms with Gasteiger partial charge < -0.3 is 11.1 Å². The number of hydrogen-bond donors (Lipinski definition) is 3. The molecule has 1 aromatic rings. The lowest BCUT2D eigenvalue weighted by Gasteiger charge is -2.15. The molecule has 0 radical (unpaired) electrons. The van der Waals surface area contributed by atoms with E-state index in [-0.39, 0.29) is 11.9 Å². The van der Waals surface area contributed by atoms with Crippen LogP contribution in [0.25, 0.3) is 0 Å². The number of rotatable bonds is 5. The monoisotopic (exact) mass is 208 g/mol. The van der Waals surface area contributed by atoms with E-state index in [0.29, 0.717) is 6.42 Å². The highest BCUT2D eigenvalue weighted by Gasteiger charge is 2.15. The van der Waals surface area contributed by atoms with Crippen molar-refractivity contribution < 1.29 is 4.79 Å². The van der Waals surface area contributed by atoms with Crippen LogP contribution >= 0.6 is 0 Å². The summed E-state index contributed by atoms with van der Waals surface area (Å²) in [5, 5.41) is 9.29. The maximum Gasteiger partial charge on any atom is 0.237 e. The number of aromatic amines is 1. The predicted molar refractivity (Wildman–Crippen MR) is 57.9 cm³/mol. The van der Waals surface area contributed by atoms with Gasteiger partial charge in [0.1, 0.15) is 0 Å². The van der Waals surface area contributed by atoms with Crippen molar-refractivity contribution in [1.82, 2.24) is 15.5 Å². The highest BCUT2D eigenvalue weighted by Crippen LogP contribution is 2.09. The van der Waals surface area contributed by atoms with Gasteiger partial charge in [-0.2, -0.15) is 5.10 Å². The number of nitrogens with one attached hydrogen (secondary N) is 2. The van der Waals surface area contributed by atoms with E-state index in [1.54, 1.807) is 18.5 Å². The zero-order chi connectivity index (χ0) is 11.3. The van der Waals surface area contributed by atoms with Crippen LogP contribution in [0.4, 0.5) is 0 Å². The molecule has 0 aromatic carbocycles. The predicted octanol–water partition coefficient (Wildman–Crippen LogP) is 0.490. The number of carbonyl (C=O) groups excluding carboxylic acids is 1. The number of hydrogen-bond acceptors (Lipinski definition) is 3. The van der Waals surface area contributed by atoms with E-state index < -0.39 is 6.04 Å². The van der Waals surface area contributed by atoms with Crippen molar-refractivity contribution in [2.45, 2.75) is 25.4 Å². The third kappa shape index (κ3) is 3.21. The zero-order valence-corrected chi connectivity index (χ0v) is 8.73. The summed E-state index contributed by atoms with van der Waals surface area (Å²) >= 11 is 0. The summed E-state index contributed by atoms with van der Waals surface area (Å²) in [6.45, 7) is 5.42. The largest absolute Gasteiger partial charge is 0.348 e. The van der Waals surface area contributed by atoms with Gasteiger partial charge in [-0.3, -0.25) is 9.89 Å². The Labute approximate surface area is 88.7 Å². The lowest BCUT2D eigenvalue weighted by molar-refractivity contribution is -0.122. The van der Waals surface area contributed by atoms with Crippen molar-refractivity contribution in [2.75, 3.05) is 0 Å². The van der Waals surface area contributed by atoms with Crippen LogP contribution in [0.15, 0.2) is 25.0 Å². The second kappa shape index (κ2) is 5.31. The van der Waals surface area contributed by atoms with Crippen molar-refractivity contribution in [2.24, 2.45) is 5.73 Å². The molecule has 15 heavy (non-hydrogen) atoms. The van der Waals surface area contributed by atoms with E-state index in [9.17, 15) is 4.79 Å². The number of amides is 1. The Kier molecular flexibility index (Phi) is 4.05. The first kappa shape index (κ1) is 11.5. The van der Waals surface area contributed by atoms with Crippen LogP contribution in [0.5, 0.6) is 0 Å². The first-order valence-corrected chi connectivity index (χ1v) is 4.80. The Morgan fingerprint density at radius 3 is 3.13 bits per heavy atom. The second-order valence-electron chi connectivity index (χ2n) is 3.39. The van der Waals surface area contributed by atoms with Gasteiger partial charge in [0.05, 0.1) is 18.3 Å². The second-order valence-corrected chi connectivity index (χ2v) is 3.39. The van der Waals surface area contributed by atoms with E-state index in [1.807, 2.05) is 6.92 Å². The van der Waals surface area contributed by atoms with Crippen LogP contribution in [0.2, 0.25) is 0 Å². The number of nitrogens with zero attached hydrogens (tertiary/aromatic N) is 1. The molecule has 0 saturated heterocycles. The van der Waals surface area contributed by atoms with Crippen molar-refractivity contribution >= 4 is 5.91 Å². The van der Waals surface area contributed by atoms with Gasteiger partial charge in [0.2, 0.25) is 5.91 Å². The van der Waals surface area contributed by atoms with E-state index in [4.69, 9.17) is 5.73 Å². The van der Waals surface area contributed by atoms with Crippen molar-refractivity contribution in [1.29, 1.82) is 0 Å². The molecule has 2 unspecified atom stereocenters. The fourth-order valence-corrected chi connectivity index (χ4v) is 1.19. The molecule has 0 aliphatic carbocycles. The molecule has 2 atom stereocenters. The Morgan fingerprint density at radius 1 is 1.87 bits per heavy atom. The van der Waals surface area contributed by atoms with Crippen LogP contribution in [-0.4, -0.2) is 22.1 Å². The molecule has 5 heteroatoms. The number of nitrogens with two attached hydrogens (primary N) is 1. The maximum absolute atomic E-state index is 11.5. The standard InChI is InChI=1S/C10H16N4O/c1-3-4-9(11)10(15)14-7(2)8-5-12-13-6-8/h3,5-7,9H,1,4,11H2,2H3,(H,12,13)(H,14,15). The molecule has 4 N–H and O–H groups in total. The van der Waals surface area contributed by atoms with Gasteiger partial charge in [-0.15, -0.1) is 6.58 Å². The lowest BCUT2D eigenvalue weighted by atomic mass is 10.1. The minimum Gasteiger partial charge on any atom is -0.348 e. The smallest absolute Gasteiger partial charge is 0.237 e. The van der Waals surface area contributed by atoms with Crippen molar-refractivity contribution in [3.63, 3.8) is 0 Å². The van der Waals surface area contributed by atoms with E-state index >= 15 is 0 Å². The summed E-state index contributed by atoms with van der Waals surface area (Å²) in [5.74, 6) is -0.177. The Bertz CT molecular complexity index is 320. The quantitative estimate of drug-likeness (QED) is 0.616. The van der Waals surface area contributed by atoms with Gasteiger partial charge in [0, 0.05) is 11.8 Å². The summed E-state index contributed by atoms with van der Waals surface area (Å²) < 4.78 is 0. The molecule has 82 valence electrons. The molecule has 0 aliphatic heterocycles. The van der Waals surface area contributed by atoms with Gasteiger partial charge in [-0.05, 0) is 13.3 Å². The van der Waals surface area contributed by atoms with Gasteiger partial charge in [0.15, 0.2) is 0 Å². The topological polar surface area (TPSA) is 83.8 Å². The van der Waals surface area contributed by atoms with Crippen molar-refractivity contribution in [3.8, 4) is 0 Å². The highest BCUT2D eigenvalue weighted by atomic mass is 16.2. The molecule has 0 bridgehead atoms. The summed E-state index contributed by atoms with van der Waals surface area (Å²) in [5.41, 5.74) is 6.55. The fourth-order valence-electron chi connectivity index (χ4n) is 1.19. The summed E-state index contributed by atoms with van der Waals surface area (Å²) in [4.78, 5) is 11.5. The lowest BCUT2D eigenvalue weighted by Crippen LogP contribution is -2.41. The van der Waals surface area contributed by atoms with Gasteiger partial charge >= 0.3 is 0 Å². The van der Waals surface area contributed by atoms with Crippen molar-refractivity contribution in [3.05, 3.63) is 30.6 Å². The third-order valence-electron chi connectivity index (χ3n) is 2.14. The molecule has 0 fully saturated rings. The zero-order valence-electron chi connectivity index (χ0n) is 8.73. The Hall–Kier alpha value is -1.62. The summed E-state index contributed by atoms with van der Waals surface area (Å²) in [6, 6.07) is -0.621. The molecule has 1 amide bonds. The molecule has 1 heterocycles. The fraction of sp³-hybridized carbons (Fsp3) is 0.400. The first-order chi connectivity index (χ1) is 7.15. The van der Waals surface area contributed by atoms with E-state index in [2.05, 4.69) is 22.1 Å². The molecule has 0 aliphatic rings. The summed E-state index contributed by atoms with van der Waals surface area (Å²) in [7, 11) is 0. The molecular formula is C10H16N4O. The minimum atomic E-state index is -0.531. The Morgan fingerprint density at radius 2 is 2.60 bits per heavy atom. The average molecular weight is 208 g/mol. The first-order valence-electron chi connectivity index (χ1n) is 4.80. The molecule has 0 saturated carbocycles. The van der Waals surface area contributed by atoms with E-state index in [1.165, 1.54) is 0 Å². The summed E-state index contributed by atoms with van der Waals surface area (Å²) in [6.07, 6.45) is 5.52. The molecule has 0 spiro atoms. The minimum absolute atomic E-state index is 0.0906.